The van der Waals surface area contributed by atoms with E-state index in [1.165, 1.54) is 4.74 Å². The van der Waals surface area contributed by atoms with Crippen molar-refractivity contribution in [2.24, 2.45) is 0 Å². The second-order valence-corrected chi connectivity index (χ2v) is 8.43. The number of aromatic nitrogens is 1. The van der Waals surface area contributed by atoms with E-state index in [1.54, 1.807) is 39.0 Å². The van der Waals surface area contributed by atoms with Crippen LogP contribution >= 0.6 is 0 Å². The number of rotatable bonds is 5. The largest absolute Gasteiger partial charge is 0.489 e. The van der Waals surface area contributed by atoms with Gasteiger partial charge in [0.15, 0.2) is 5.58 Å². The average Bonchev–Trinajstić information content (AvgIpc) is 2.90. The Bertz CT molecular complexity index is 929. The number of nitrogens with one attached hydrogen (secondary N) is 1. The van der Waals surface area contributed by atoms with Gasteiger partial charge < -0.3 is 19.3 Å². The molecule has 0 saturated carbocycles. The smallest absolute Gasteiger partial charge is 0.407 e. The second kappa shape index (κ2) is 8.08. The number of carbonyl (C=O) groups excluding carboxylic acids is 1. The summed E-state index contributed by atoms with van der Waals surface area (Å²) in [5.74, 6) is 0.416. The van der Waals surface area contributed by atoms with Gasteiger partial charge in [0, 0.05) is 18.2 Å². The number of hydrogen-bond acceptors (Lipinski definition) is 5. The summed E-state index contributed by atoms with van der Waals surface area (Å²) in [6, 6.07) is 4.80. The standard InChI is InChI=1S/C20H27FN2O5/c1-19(2,3)23-17(24)15-8-7-14(9-16(15)28-23)26-12-13(10-21)11-22-18(25)27-20(4,5)6/h7-10H,11-12H2,1-6H3,(H,22,25)/b13-10-. The lowest BCUT2D eigenvalue weighted by atomic mass is 10.1. The lowest BCUT2D eigenvalue weighted by Gasteiger charge is -2.20. The van der Waals surface area contributed by atoms with Gasteiger partial charge in [0.1, 0.15) is 18.0 Å². The molecule has 2 rings (SSSR count). The van der Waals surface area contributed by atoms with Gasteiger partial charge in [0.2, 0.25) is 0 Å². The predicted octanol–water partition coefficient (Wildman–Crippen LogP) is 4.11. The Morgan fingerprint density at radius 1 is 1.25 bits per heavy atom. The molecule has 154 valence electrons. The first-order valence-electron chi connectivity index (χ1n) is 8.95. The molecule has 0 bridgehead atoms. The first-order chi connectivity index (χ1) is 12.9. The fourth-order valence-corrected chi connectivity index (χ4v) is 2.33. The number of hydrogen-bond donors (Lipinski definition) is 1. The highest BCUT2D eigenvalue weighted by atomic mass is 19.1. The van der Waals surface area contributed by atoms with E-state index >= 15 is 0 Å². The van der Waals surface area contributed by atoms with Gasteiger partial charge in [-0.15, -0.1) is 0 Å². The highest BCUT2D eigenvalue weighted by Gasteiger charge is 2.21. The van der Waals surface area contributed by atoms with Crippen LogP contribution < -0.4 is 15.6 Å². The Hall–Kier alpha value is -2.77. The molecule has 0 saturated heterocycles. The van der Waals surface area contributed by atoms with E-state index in [9.17, 15) is 14.0 Å². The van der Waals surface area contributed by atoms with E-state index in [4.69, 9.17) is 14.0 Å². The topological polar surface area (TPSA) is 82.7 Å². The van der Waals surface area contributed by atoms with Crippen LogP contribution in [-0.4, -0.2) is 29.6 Å². The van der Waals surface area contributed by atoms with Crippen molar-refractivity contribution in [2.75, 3.05) is 13.2 Å². The first kappa shape index (κ1) is 21.5. The number of benzene rings is 1. The molecule has 7 nitrogen and oxygen atoms in total. The van der Waals surface area contributed by atoms with Crippen molar-refractivity contribution in [3.63, 3.8) is 0 Å². The summed E-state index contributed by atoms with van der Waals surface area (Å²) in [6.07, 6.45) is -0.259. The van der Waals surface area contributed by atoms with Gasteiger partial charge in [-0.3, -0.25) is 4.79 Å². The van der Waals surface area contributed by atoms with Crippen molar-refractivity contribution in [1.29, 1.82) is 0 Å². The number of amides is 1. The Morgan fingerprint density at radius 2 is 1.93 bits per heavy atom. The molecule has 0 aliphatic heterocycles. The van der Waals surface area contributed by atoms with Gasteiger partial charge in [0.25, 0.3) is 5.56 Å². The Kier molecular flexibility index (Phi) is 6.21. The summed E-state index contributed by atoms with van der Waals surface area (Å²) < 4.78 is 30.7. The van der Waals surface area contributed by atoms with E-state index in [1.807, 2.05) is 20.8 Å². The van der Waals surface area contributed by atoms with Gasteiger partial charge in [-0.1, -0.05) is 0 Å². The minimum atomic E-state index is -0.640. The maximum atomic E-state index is 13.1. The molecular formula is C20H27FN2O5. The average molecular weight is 394 g/mol. The molecule has 0 radical (unpaired) electrons. The van der Waals surface area contributed by atoms with Crippen molar-refractivity contribution in [3.05, 3.63) is 40.5 Å². The zero-order chi connectivity index (χ0) is 21.1. The van der Waals surface area contributed by atoms with Crippen LogP contribution in [0.4, 0.5) is 9.18 Å². The molecule has 2 aromatic rings. The van der Waals surface area contributed by atoms with Crippen molar-refractivity contribution in [3.8, 4) is 5.75 Å². The fourth-order valence-electron chi connectivity index (χ4n) is 2.33. The van der Waals surface area contributed by atoms with Crippen LogP contribution in [0, 0.1) is 0 Å². The van der Waals surface area contributed by atoms with Gasteiger partial charge in [-0.2, -0.15) is 4.74 Å². The van der Waals surface area contributed by atoms with Gasteiger partial charge in [0.05, 0.1) is 17.3 Å². The van der Waals surface area contributed by atoms with Crippen LogP contribution in [0.2, 0.25) is 0 Å². The monoisotopic (exact) mass is 394 g/mol. The summed E-state index contributed by atoms with van der Waals surface area (Å²) in [6.45, 7) is 10.7. The van der Waals surface area contributed by atoms with Gasteiger partial charge in [-0.05, 0) is 53.7 Å². The fraction of sp³-hybridized carbons (Fsp3) is 0.500. The molecule has 1 amide bonds. The summed E-state index contributed by atoms with van der Waals surface area (Å²) in [5, 5.41) is 2.91. The summed E-state index contributed by atoms with van der Waals surface area (Å²) >= 11 is 0. The highest BCUT2D eigenvalue weighted by molar-refractivity contribution is 5.77. The zero-order valence-electron chi connectivity index (χ0n) is 17.1. The second-order valence-electron chi connectivity index (χ2n) is 8.43. The van der Waals surface area contributed by atoms with E-state index in [0.717, 1.165) is 0 Å². The molecule has 0 aliphatic rings. The van der Waals surface area contributed by atoms with Crippen LogP contribution in [0.1, 0.15) is 41.5 Å². The third-order valence-corrected chi connectivity index (χ3v) is 3.60. The Labute approximate surface area is 163 Å². The maximum absolute atomic E-state index is 13.1. The van der Waals surface area contributed by atoms with Crippen molar-refractivity contribution in [2.45, 2.75) is 52.7 Å². The van der Waals surface area contributed by atoms with E-state index in [-0.39, 0.29) is 24.3 Å². The van der Waals surface area contributed by atoms with Crippen molar-refractivity contribution < 1.29 is 23.2 Å². The molecule has 0 fully saturated rings. The van der Waals surface area contributed by atoms with Crippen molar-refractivity contribution in [1.82, 2.24) is 10.1 Å². The molecule has 8 heteroatoms. The molecule has 1 heterocycles. The van der Waals surface area contributed by atoms with Crippen LogP contribution in [0.25, 0.3) is 11.0 Å². The minimum absolute atomic E-state index is 0.0524. The number of ether oxygens (including phenoxy) is 2. The molecule has 0 unspecified atom stereocenters. The van der Waals surface area contributed by atoms with E-state index < -0.39 is 17.2 Å². The number of halogens is 1. The number of alkyl carbamates (subject to hydrolysis) is 1. The molecule has 0 aliphatic carbocycles. The van der Waals surface area contributed by atoms with Crippen LogP contribution in [0.15, 0.2) is 39.4 Å². The summed E-state index contributed by atoms with van der Waals surface area (Å²) in [7, 11) is 0. The predicted molar refractivity (Wildman–Crippen MR) is 104 cm³/mol. The number of fused-ring (bicyclic) bond motifs is 1. The molecule has 1 aromatic heterocycles. The Morgan fingerprint density at radius 3 is 2.50 bits per heavy atom. The third-order valence-electron chi connectivity index (χ3n) is 3.60. The Balaban J connectivity index is 2.02. The molecule has 28 heavy (non-hydrogen) atoms. The molecule has 0 spiro atoms. The van der Waals surface area contributed by atoms with Gasteiger partial charge in [-0.25, -0.2) is 9.18 Å². The molecular weight excluding hydrogens is 367 g/mol. The quantitative estimate of drug-likeness (QED) is 0.825. The third kappa shape index (κ3) is 5.61. The van der Waals surface area contributed by atoms with E-state index in [2.05, 4.69) is 5.32 Å². The SMILES string of the molecule is CC(C)(C)OC(=O)NC/C(=C/F)COc1ccc2c(=O)n(C(C)(C)C)oc2c1. The van der Waals surface area contributed by atoms with E-state index in [0.29, 0.717) is 23.0 Å². The van der Waals surface area contributed by atoms with Crippen LogP contribution in [-0.2, 0) is 10.3 Å². The maximum Gasteiger partial charge on any atom is 0.407 e. The zero-order valence-corrected chi connectivity index (χ0v) is 17.1. The number of carbonyl (C=O) groups is 1. The van der Waals surface area contributed by atoms with Crippen molar-refractivity contribution >= 4 is 17.1 Å². The van der Waals surface area contributed by atoms with Gasteiger partial charge >= 0.3 is 6.09 Å². The summed E-state index contributed by atoms with van der Waals surface area (Å²) in [5.41, 5.74) is -0.743. The normalized spacial score (nSPS) is 12.9. The summed E-state index contributed by atoms with van der Waals surface area (Å²) in [4.78, 5) is 24.0. The first-order valence-corrected chi connectivity index (χ1v) is 8.95. The van der Waals surface area contributed by atoms with Crippen LogP contribution in [0.3, 0.4) is 0 Å². The molecule has 1 aromatic carbocycles. The lowest BCUT2D eigenvalue weighted by molar-refractivity contribution is 0.0531. The molecule has 0 atom stereocenters. The minimum Gasteiger partial charge on any atom is -0.489 e. The highest BCUT2D eigenvalue weighted by Crippen LogP contribution is 2.22. The number of nitrogens with zero attached hydrogens (tertiary/aromatic N) is 1. The lowest BCUT2D eigenvalue weighted by Crippen LogP contribution is -2.34. The van der Waals surface area contributed by atoms with Crippen LogP contribution in [0.5, 0.6) is 5.75 Å². The molecule has 1 N–H and O–H groups in total.